The van der Waals surface area contributed by atoms with Crippen LogP contribution in [0.4, 0.5) is 4.48 Å². The van der Waals surface area contributed by atoms with Crippen LogP contribution in [0.3, 0.4) is 0 Å². The first-order chi connectivity index (χ1) is 3.30. The van der Waals surface area contributed by atoms with E-state index in [9.17, 15) is 9.28 Å². The van der Waals surface area contributed by atoms with E-state index in [1.165, 1.54) is 0 Å². The van der Waals surface area contributed by atoms with Gasteiger partial charge in [-0.1, -0.05) is 4.48 Å². The third kappa shape index (κ3) is 0.556. The lowest BCUT2D eigenvalue weighted by Crippen LogP contribution is -2.12. The van der Waals surface area contributed by atoms with E-state index in [0.29, 0.717) is 0 Å². The second-order valence-corrected chi connectivity index (χ2v) is 1.04. The molecule has 1 rings (SSSR count). The lowest BCUT2D eigenvalue weighted by molar-refractivity contribution is -0.141. The molecule has 0 fully saturated rings. The Morgan fingerprint density at radius 1 is 1.86 bits per heavy atom. The van der Waals surface area contributed by atoms with Crippen molar-refractivity contribution in [1.29, 1.82) is 0 Å². The number of amides is 1. The Hall–Kier alpha value is -1.00. The van der Waals surface area contributed by atoms with E-state index < -0.39 is 5.91 Å². The monoisotopic (exact) mass is 103 g/mol. The highest BCUT2D eigenvalue weighted by molar-refractivity contribution is 5.77. The molecule has 0 N–H and O–H groups in total. The molecular weight excluding hydrogens is 101 g/mol. The quantitative estimate of drug-likeness (QED) is 0.400. The Morgan fingerprint density at radius 2 is 2.57 bits per heavy atom. The van der Waals surface area contributed by atoms with E-state index >= 15 is 0 Å². The van der Waals surface area contributed by atoms with Crippen LogP contribution in [-0.2, 0) is 4.79 Å². The number of hydrogen-bond donors (Lipinski definition) is 0. The molecule has 1 heterocycles. The van der Waals surface area contributed by atoms with Crippen molar-refractivity contribution in [2.24, 2.45) is 10.3 Å². The van der Waals surface area contributed by atoms with E-state index in [-0.39, 0.29) is 11.8 Å². The number of hydrogen-bond acceptors (Lipinski definition) is 3. The van der Waals surface area contributed by atoms with Crippen LogP contribution in [0.15, 0.2) is 10.3 Å². The Kier molecular flexibility index (Phi) is 0.744. The molecule has 0 radical (unpaired) electrons. The maximum atomic E-state index is 11.5. The van der Waals surface area contributed by atoms with Crippen molar-refractivity contribution in [3.8, 4) is 0 Å². The summed E-state index contributed by atoms with van der Waals surface area (Å²) in [5.41, 5.74) is 0. The van der Waals surface area contributed by atoms with Crippen molar-refractivity contribution in [3.63, 3.8) is 0 Å². The number of rotatable bonds is 0. The van der Waals surface area contributed by atoms with Crippen molar-refractivity contribution in [2.75, 3.05) is 6.54 Å². The fourth-order valence-corrected chi connectivity index (χ4v) is 0.256. The molecule has 1 aliphatic heterocycles. The van der Waals surface area contributed by atoms with E-state index in [1.807, 2.05) is 0 Å². The van der Waals surface area contributed by atoms with Crippen molar-refractivity contribution >= 4 is 5.91 Å². The molecule has 0 saturated heterocycles. The van der Waals surface area contributed by atoms with Gasteiger partial charge in [-0.25, -0.2) is 0 Å². The fourth-order valence-electron chi connectivity index (χ4n) is 0.256. The molecule has 0 aromatic rings. The van der Waals surface area contributed by atoms with Crippen LogP contribution in [0.25, 0.3) is 0 Å². The zero-order valence-electron chi connectivity index (χ0n) is 3.33. The van der Waals surface area contributed by atoms with Crippen LogP contribution in [0, 0.1) is 0 Å². The van der Waals surface area contributed by atoms with Crippen LogP contribution in [0.2, 0.25) is 0 Å². The molecule has 0 aliphatic carbocycles. The fraction of sp³-hybridized carbons (Fsp3) is 0.500. The SMILES string of the molecule is O=C1CN=NN1F. The Balaban J connectivity index is 2.62. The van der Waals surface area contributed by atoms with Crippen molar-refractivity contribution in [1.82, 2.24) is 5.23 Å². The Labute approximate surface area is 38.5 Å². The van der Waals surface area contributed by atoms with Crippen LogP contribution >= 0.6 is 0 Å². The summed E-state index contributed by atoms with van der Waals surface area (Å²) in [6.07, 6.45) is 0. The van der Waals surface area contributed by atoms with Gasteiger partial charge in [0.15, 0.2) is 0 Å². The van der Waals surface area contributed by atoms with Gasteiger partial charge in [-0.3, -0.25) is 4.79 Å². The summed E-state index contributed by atoms with van der Waals surface area (Å²) in [6.45, 7) is -0.156. The second-order valence-electron chi connectivity index (χ2n) is 1.04. The average molecular weight is 103 g/mol. The highest BCUT2D eigenvalue weighted by Crippen LogP contribution is 1.99. The van der Waals surface area contributed by atoms with Crippen molar-refractivity contribution in [3.05, 3.63) is 0 Å². The number of halogens is 1. The van der Waals surface area contributed by atoms with E-state index in [2.05, 4.69) is 10.3 Å². The van der Waals surface area contributed by atoms with Gasteiger partial charge < -0.3 is 0 Å². The zero-order valence-corrected chi connectivity index (χ0v) is 3.33. The maximum Gasteiger partial charge on any atom is 0.299 e. The van der Waals surface area contributed by atoms with Gasteiger partial charge in [-0.05, 0) is 10.5 Å². The van der Waals surface area contributed by atoms with Gasteiger partial charge in [0.2, 0.25) is 0 Å². The lowest BCUT2D eigenvalue weighted by atomic mass is 10.7. The molecule has 4 nitrogen and oxygen atoms in total. The minimum absolute atomic E-state index is 0.156. The molecule has 0 unspecified atom stereocenters. The van der Waals surface area contributed by atoms with Crippen molar-refractivity contribution < 1.29 is 9.28 Å². The summed E-state index contributed by atoms with van der Waals surface area (Å²) < 4.78 is 11.5. The predicted molar refractivity (Wildman–Crippen MR) is 17.7 cm³/mol. The third-order valence-corrected chi connectivity index (χ3v) is 0.554. The summed E-state index contributed by atoms with van der Waals surface area (Å²) in [5.74, 6) is -0.708. The summed E-state index contributed by atoms with van der Waals surface area (Å²) in [4.78, 5) is 9.94. The molecule has 7 heavy (non-hydrogen) atoms. The predicted octanol–water partition coefficient (Wildman–Crippen LogP) is 0.0803. The number of carbonyl (C=O) groups is 1. The van der Waals surface area contributed by atoms with Gasteiger partial charge >= 0.3 is 0 Å². The molecule has 38 valence electrons. The first kappa shape index (κ1) is 4.17. The van der Waals surface area contributed by atoms with Gasteiger partial charge in [0.1, 0.15) is 6.54 Å². The molecule has 0 aromatic heterocycles. The maximum absolute atomic E-state index is 11.5. The van der Waals surface area contributed by atoms with E-state index in [4.69, 9.17) is 0 Å². The highest BCUT2D eigenvalue weighted by atomic mass is 19.2. The zero-order chi connectivity index (χ0) is 5.28. The van der Waals surface area contributed by atoms with Crippen molar-refractivity contribution in [2.45, 2.75) is 0 Å². The molecule has 5 heteroatoms. The molecule has 1 aliphatic rings. The number of nitrogens with zero attached hydrogens (tertiary/aromatic N) is 3. The summed E-state index contributed by atoms with van der Waals surface area (Å²) >= 11 is 0. The summed E-state index contributed by atoms with van der Waals surface area (Å²) in [7, 11) is 0. The molecule has 0 aromatic carbocycles. The normalized spacial score (nSPS) is 19.0. The average Bonchev–Trinajstić information content (AvgIpc) is 1.91. The molecule has 0 bridgehead atoms. The molecule has 0 saturated carbocycles. The standard InChI is InChI=1S/C2H2FN3O/c3-6-2(7)1-4-5-6/h1H2. The second kappa shape index (κ2) is 1.25. The largest absolute Gasteiger partial charge is 0.299 e. The Bertz CT molecular complexity index is 122. The third-order valence-electron chi connectivity index (χ3n) is 0.554. The van der Waals surface area contributed by atoms with Crippen LogP contribution in [0.5, 0.6) is 0 Å². The van der Waals surface area contributed by atoms with Crippen LogP contribution in [-0.4, -0.2) is 17.7 Å². The molecular formula is C2H2FN3O. The van der Waals surface area contributed by atoms with E-state index in [1.54, 1.807) is 0 Å². The van der Waals surface area contributed by atoms with Crippen LogP contribution in [0.1, 0.15) is 0 Å². The smallest absolute Gasteiger partial charge is 0.268 e. The van der Waals surface area contributed by atoms with Gasteiger partial charge in [0.05, 0.1) is 0 Å². The van der Waals surface area contributed by atoms with E-state index in [0.717, 1.165) is 0 Å². The molecule has 0 atom stereocenters. The molecule has 0 spiro atoms. The Morgan fingerprint density at radius 3 is 2.71 bits per heavy atom. The van der Waals surface area contributed by atoms with Crippen LogP contribution < -0.4 is 0 Å². The lowest BCUT2D eigenvalue weighted by Gasteiger charge is -1.87. The van der Waals surface area contributed by atoms with Gasteiger partial charge in [0.25, 0.3) is 5.91 Å². The summed E-state index contributed by atoms with van der Waals surface area (Å²) in [6, 6.07) is 0. The minimum Gasteiger partial charge on any atom is -0.268 e. The van der Waals surface area contributed by atoms with Gasteiger partial charge in [-0.15, -0.1) is 0 Å². The minimum atomic E-state index is -0.708. The molecule has 1 amide bonds. The first-order valence-corrected chi connectivity index (χ1v) is 1.67. The van der Waals surface area contributed by atoms with Gasteiger partial charge in [0, 0.05) is 0 Å². The van der Waals surface area contributed by atoms with Gasteiger partial charge in [-0.2, -0.15) is 5.11 Å². The summed E-state index contributed by atoms with van der Waals surface area (Å²) in [5, 5.41) is 5.55. The topological polar surface area (TPSA) is 45.0 Å². The first-order valence-electron chi connectivity index (χ1n) is 1.67. The highest BCUT2D eigenvalue weighted by Gasteiger charge is 2.16. The number of carbonyl (C=O) groups excluding carboxylic acids is 1.